The molecule has 116 valence electrons. The van der Waals surface area contributed by atoms with E-state index < -0.39 is 0 Å². The van der Waals surface area contributed by atoms with Crippen molar-refractivity contribution in [2.24, 2.45) is 11.3 Å². The fourth-order valence-corrected chi connectivity index (χ4v) is 2.75. The zero-order valence-corrected chi connectivity index (χ0v) is 13.5. The van der Waals surface area contributed by atoms with E-state index in [9.17, 15) is 9.59 Å². The van der Waals surface area contributed by atoms with E-state index in [-0.39, 0.29) is 18.0 Å². The molecule has 0 aliphatic carbocycles. The molecule has 1 rings (SSSR count). The Kier molecular flexibility index (Phi) is 5.84. The van der Waals surface area contributed by atoms with Crippen LogP contribution < -0.4 is 10.6 Å². The number of likely N-dealkylation sites (N-methyl/N-ethyl adjacent to an activating group) is 1. The molecule has 2 N–H and O–H groups in total. The molecule has 0 saturated carbocycles. The third-order valence-electron chi connectivity index (χ3n) is 3.62. The highest BCUT2D eigenvalue weighted by Crippen LogP contribution is 2.25. The minimum atomic E-state index is -0.355. The summed E-state index contributed by atoms with van der Waals surface area (Å²) in [6.07, 6.45) is 2.80. The number of hydrogen-bond acceptors (Lipinski definition) is 2. The standard InChI is InChI=1S/C15H29N3O2/c1-11(10-15(2,3)4)6-8-16-14(20)17-12-7-9-18(5)13(12)19/h11-12H,6-10H2,1-5H3,(H2,16,17,20)/t11-,12-/m1/s1. The van der Waals surface area contributed by atoms with Crippen molar-refractivity contribution >= 4 is 11.9 Å². The van der Waals surface area contributed by atoms with E-state index >= 15 is 0 Å². The molecule has 0 bridgehead atoms. The van der Waals surface area contributed by atoms with Crippen LogP contribution in [0.15, 0.2) is 0 Å². The van der Waals surface area contributed by atoms with Gasteiger partial charge in [0.1, 0.15) is 6.04 Å². The van der Waals surface area contributed by atoms with Gasteiger partial charge >= 0.3 is 6.03 Å². The van der Waals surface area contributed by atoms with Crippen LogP contribution in [0.4, 0.5) is 4.79 Å². The van der Waals surface area contributed by atoms with Crippen molar-refractivity contribution in [3.63, 3.8) is 0 Å². The SMILES string of the molecule is C[C@H](CCNC(=O)N[C@@H]1CCN(C)C1=O)CC(C)(C)C. The Bertz CT molecular complexity index is 350. The summed E-state index contributed by atoms with van der Waals surface area (Å²) >= 11 is 0. The second-order valence-electron chi connectivity index (χ2n) is 7.16. The molecule has 1 heterocycles. The largest absolute Gasteiger partial charge is 0.344 e. The summed E-state index contributed by atoms with van der Waals surface area (Å²) in [5, 5.41) is 5.58. The second-order valence-corrected chi connectivity index (χ2v) is 7.16. The van der Waals surface area contributed by atoms with Gasteiger partial charge in [0.2, 0.25) is 5.91 Å². The van der Waals surface area contributed by atoms with Crippen molar-refractivity contribution < 1.29 is 9.59 Å². The number of amides is 3. The highest BCUT2D eigenvalue weighted by atomic mass is 16.2. The van der Waals surface area contributed by atoms with Crippen LogP contribution in [0.3, 0.4) is 0 Å². The molecule has 1 saturated heterocycles. The quantitative estimate of drug-likeness (QED) is 0.810. The van der Waals surface area contributed by atoms with Gasteiger partial charge in [-0.1, -0.05) is 27.7 Å². The summed E-state index contributed by atoms with van der Waals surface area (Å²) in [6, 6.07) is -0.589. The lowest BCUT2D eigenvalue weighted by atomic mass is 9.84. The van der Waals surface area contributed by atoms with Crippen LogP contribution in [0.2, 0.25) is 0 Å². The number of hydrogen-bond donors (Lipinski definition) is 2. The van der Waals surface area contributed by atoms with Gasteiger partial charge in [-0.05, 0) is 30.6 Å². The lowest BCUT2D eigenvalue weighted by molar-refractivity contribution is -0.128. The number of rotatable bonds is 5. The smallest absolute Gasteiger partial charge is 0.315 e. The molecule has 3 amide bonds. The van der Waals surface area contributed by atoms with Gasteiger partial charge in [-0.2, -0.15) is 0 Å². The zero-order valence-electron chi connectivity index (χ0n) is 13.5. The van der Waals surface area contributed by atoms with Crippen LogP contribution in [0.25, 0.3) is 0 Å². The van der Waals surface area contributed by atoms with Gasteiger partial charge in [-0.15, -0.1) is 0 Å². The normalized spacial score (nSPS) is 20.9. The summed E-state index contributed by atoms with van der Waals surface area (Å²) in [5.41, 5.74) is 0.322. The van der Waals surface area contributed by atoms with Gasteiger partial charge in [-0.25, -0.2) is 4.79 Å². The third kappa shape index (κ3) is 5.80. The van der Waals surface area contributed by atoms with Crippen LogP contribution >= 0.6 is 0 Å². The van der Waals surface area contributed by atoms with E-state index in [1.807, 2.05) is 0 Å². The number of nitrogens with one attached hydrogen (secondary N) is 2. The van der Waals surface area contributed by atoms with E-state index in [1.54, 1.807) is 11.9 Å². The molecule has 20 heavy (non-hydrogen) atoms. The van der Waals surface area contributed by atoms with Crippen LogP contribution in [-0.4, -0.2) is 43.0 Å². The lowest BCUT2D eigenvalue weighted by Crippen LogP contribution is -2.46. The Balaban J connectivity index is 2.19. The lowest BCUT2D eigenvalue weighted by Gasteiger charge is -2.23. The first kappa shape index (κ1) is 16.8. The average molecular weight is 283 g/mol. The molecule has 5 nitrogen and oxygen atoms in total. The maximum absolute atomic E-state index is 11.7. The summed E-state index contributed by atoms with van der Waals surface area (Å²) in [5.74, 6) is 0.579. The van der Waals surface area contributed by atoms with Crippen molar-refractivity contribution in [1.82, 2.24) is 15.5 Å². The molecule has 1 aliphatic rings. The van der Waals surface area contributed by atoms with Crippen molar-refractivity contribution in [2.45, 2.75) is 53.0 Å². The molecule has 5 heteroatoms. The van der Waals surface area contributed by atoms with Gasteiger partial charge in [0.05, 0.1) is 0 Å². The highest BCUT2D eigenvalue weighted by molar-refractivity contribution is 5.88. The van der Waals surface area contributed by atoms with Crippen molar-refractivity contribution in [3.05, 3.63) is 0 Å². The fraction of sp³-hybridized carbons (Fsp3) is 0.867. The molecule has 0 aromatic carbocycles. The summed E-state index contributed by atoms with van der Waals surface area (Å²) in [7, 11) is 1.76. The van der Waals surface area contributed by atoms with E-state index in [0.29, 0.717) is 30.8 Å². The molecule has 1 aliphatic heterocycles. The highest BCUT2D eigenvalue weighted by Gasteiger charge is 2.30. The zero-order chi connectivity index (χ0) is 15.3. The van der Waals surface area contributed by atoms with Crippen LogP contribution in [0, 0.1) is 11.3 Å². The fourth-order valence-electron chi connectivity index (χ4n) is 2.75. The predicted molar refractivity (Wildman–Crippen MR) is 80.4 cm³/mol. The number of carbonyl (C=O) groups is 2. The van der Waals surface area contributed by atoms with Crippen molar-refractivity contribution in [2.75, 3.05) is 20.1 Å². The van der Waals surface area contributed by atoms with Gasteiger partial charge < -0.3 is 15.5 Å². The molecule has 0 unspecified atom stereocenters. The van der Waals surface area contributed by atoms with Crippen molar-refractivity contribution in [3.8, 4) is 0 Å². The van der Waals surface area contributed by atoms with Crippen molar-refractivity contribution in [1.29, 1.82) is 0 Å². The van der Waals surface area contributed by atoms with Gasteiger partial charge in [0, 0.05) is 20.1 Å². The molecular weight excluding hydrogens is 254 g/mol. The molecule has 1 fully saturated rings. The number of nitrogens with zero attached hydrogens (tertiary/aromatic N) is 1. The minimum Gasteiger partial charge on any atom is -0.344 e. The number of likely N-dealkylation sites (tertiary alicyclic amines) is 1. The number of urea groups is 1. The summed E-state index contributed by atoms with van der Waals surface area (Å²) in [4.78, 5) is 25.0. The average Bonchev–Trinajstić information content (AvgIpc) is 2.58. The van der Waals surface area contributed by atoms with E-state index in [1.165, 1.54) is 0 Å². The third-order valence-corrected chi connectivity index (χ3v) is 3.62. The Labute approximate surface area is 122 Å². The molecular formula is C15H29N3O2. The van der Waals surface area contributed by atoms with E-state index in [4.69, 9.17) is 0 Å². The molecule has 0 aromatic rings. The number of carbonyl (C=O) groups excluding carboxylic acids is 2. The molecule has 0 aromatic heterocycles. The Morgan fingerprint density at radius 1 is 1.45 bits per heavy atom. The predicted octanol–water partition coefficient (Wildman–Crippen LogP) is 1.98. The second kappa shape index (κ2) is 6.95. The van der Waals surface area contributed by atoms with E-state index in [2.05, 4.69) is 38.3 Å². The van der Waals surface area contributed by atoms with Gasteiger partial charge in [-0.3, -0.25) is 4.79 Å². The first-order valence-electron chi connectivity index (χ1n) is 7.48. The first-order chi connectivity index (χ1) is 9.19. The van der Waals surface area contributed by atoms with Gasteiger partial charge in [0.15, 0.2) is 0 Å². The monoisotopic (exact) mass is 283 g/mol. The molecule has 0 spiro atoms. The maximum Gasteiger partial charge on any atom is 0.315 e. The summed E-state index contributed by atoms with van der Waals surface area (Å²) < 4.78 is 0. The minimum absolute atomic E-state index is 0.00116. The van der Waals surface area contributed by atoms with Crippen LogP contribution in [-0.2, 0) is 4.79 Å². The summed E-state index contributed by atoms with van der Waals surface area (Å²) in [6.45, 7) is 10.3. The molecule has 0 radical (unpaired) electrons. The van der Waals surface area contributed by atoms with Crippen LogP contribution in [0.5, 0.6) is 0 Å². The van der Waals surface area contributed by atoms with Crippen LogP contribution in [0.1, 0.15) is 47.0 Å². The topological polar surface area (TPSA) is 61.4 Å². The Hall–Kier alpha value is -1.26. The Morgan fingerprint density at radius 3 is 2.60 bits per heavy atom. The first-order valence-corrected chi connectivity index (χ1v) is 7.48. The Morgan fingerprint density at radius 2 is 2.10 bits per heavy atom. The molecule has 2 atom stereocenters. The van der Waals surface area contributed by atoms with Gasteiger partial charge in [0.25, 0.3) is 0 Å². The van der Waals surface area contributed by atoms with E-state index in [0.717, 1.165) is 12.8 Å². The maximum atomic E-state index is 11.7.